The number of anilines is 2. The Hall–Kier alpha value is -3.84. The van der Waals surface area contributed by atoms with Crippen LogP contribution < -0.4 is 16.0 Å². The number of carbonyl (C=O) groups is 3. The van der Waals surface area contributed by atoms with Crippen LogP contribution in [0.4, 0.5) is 15.6 Å². The van der Waals surface area contributed by atoms with Crippen LogP contribution in [0.5, 0.6) is 0 Å². The Bertz CT molecular complexity index is 1710. The number of hydrogen-bond donors (Lipinski definition) is 2. The SMILES string of the molecule is CN(C)c1ccc(C[C@H]2C(=O)N(Cc3cccc4sc(N)nc34)C[C@H]3N2C(=O)CN3N(C)C(=O)NCC2=CC(Cl)C(Cl)C=C2)cc1. The zero-order valence-electron chi connectivity index (χ0n) is 25.8. The van der Waals surface area contributed by atoms with Gasteiger partial charge in [0, 0.05) is 46.3 Å². The summed E-state index contributed by atoms with van der Waals surface area (Å²) < 4.78 is 0.942. The summed E-state index contributed by atoms with van der Waals surface area (Å²) in [6.45, 7) is 0.719. The predicted octanol–water partition coefficient (Wildman–Crippen LogP) is 3.64. The lowest BCUT2D eigenvalue weighted by Gasteiger charge is -2.45. The summed E-state index contributed by atoms with van der Waals surface area (Å²) in [6, 6.07) is 12.7. The van der Waals surface area contributed by atoms with E-state index in [9.17, 15) is 14.4 Å². The molecule has 3 aliphatic rings. The van der Waals surface area contributed by atoms with Crippen LogP contribution in [0.2, 0.25) is 0 Å². The van der Waals surface area contributed by atoms with Gasteiger partial charge in [-0.2, -0.15) is 5.01 Å². The van der Waals surface area contributed by atoms with Crippen molar-refractivity contribution in [3.05, 3.63) is 77.4 Å². The van der Waals surface area contributed by atoms with E-state index in [1.54, 1.807) is 27.9 Å². The van der Waals surface area contributed by atoms with E-state index in [1.807, 2.05) is 73.6 Å². The fraction of sp³-hybridized carbons (Fsp3) is 0.375. The second kappa shape index (κ2) is 13.1. The third-order valence-corrected chi connectivity index (χ3v) is 10.4. The van der Waals surface area contributed by atoms with E-state index < -0.39 is 12.2 Å². The van der Waals surface area contributed by atoms with Crippen LogP contribution in [-0.2, 0) is 22.6 Å². The summed E-state index contributed by atoms with van der Waals surface area (Å²) in [5, 5.41) is 5.86. The van der Waals surface area contributed by atoms with Gasteiger partial charge in [0.25, 0.3) is 0 Å². The number of aromatic nitrogens is 1. The molecule has 1 aromatic heterocycles. The van der Waals surface area contributed by atoms with Gasteiger partial charge in [0.15, 0.2) is 5.13 Å². The number of alkyl halides is 2. The van der Waals surface area contributed by atoms with Gasteiger partial charge < -0.3 is 25.8 Å². The van der Waals surface area contributed by atoms with E-state index in [1.165, 1.54) is 16.3 Å². The van der Waals surface area contributed by atoms with Crippen LogP contribution in [0, 0.1) is 0 Å². The highest BCUT2D eigenvalue weighted by Gasteiger charge is 2.51. The van der Waals surface area contributed by atoms with Crippen LogP contribution in [0.25, 0.3) is 10.2 Å². The number of hydrogen-bond acceptors (Lipinski definition) is 8. The van der Waals surface area contributed by atoms with Crippen molar-refractivity contribution >= 4 is 73.4 Å². The van der Waals surface area contributed by atoms with Crippen molar-refractivity contribution in [1.82, 2.24) is 30.1 Å². The molecule has 1 aliphatic carbocycles. The Balaban J connectivity index is 1.26. The second-order valence-corrected chi connectivity index (χ2v) is 13.9. The smallest absolute Gasteiger partial charge is 0.332 e. The maximum atomic E-state index is 14.2. The number of hydrazine groups is 1. The van der Waals surface area contributed by atoms with E-state index in [4.69, 9.17) is 28.9 Å². The molecule has 11 nitrogen and oxygen atoms in total. The molecule has 6 rings (SSSR count). The van der Waals surface area contributed by atoms with Gasteiger partial charge in [-0.05, 0) is 34.9 Å². The molecule has 2 aliphatic heterocycles. The van der Waals surface area contributed by atoms with Crippen LogP contribution >= 0.6 is 34.5 Å². The topological polar surface area (TPSA) is 118 Å². The molecule has 4 amide bonds. The number of benzene rings is 2. The Kier molecular flexibility index (Phi) is 9.15. The number of carbonyl (C=O) groups excluding carboxylic acids is 3. The molecule has 3 N–H and O–H groups in total. The first-order valence-corrected chi connectivity index (χ1v) is 16.6. The molecule has 0 spiro atoms. The van der Waals surface area contributed by atoms with Gasteiger partial charge in [-0.15, -0.1) is 23.2 Å². The molecule has 0 saturated carbocycles. The molecule has 0 bridgehead atoms. The molecular weight excluding hydrogens is 647 g/mol. The van der Waals surface area contributed by atoms with Crippen molar-refractivity contribution < 1.29 is 14.4 Å². The molecule has 242 valence electrons. The zero-order chi connectivity index (χ0) is 32.7. The third-order valence-electron chi connectivity index (χ3n) is 8.62. The highest BCUT2D eigenvalue weighted by molar-refractivity contribution is 7.22. The average Bonchev–Trinajstić information content (AvgIpc) is 3.58. The molecule has 3 aromatic rings. The lowest BCUT2D eigenvalue weighted by molar-refractivity contribution is -0.157. The van der Waals surface area contributed by atoms with Crippen molar-refractivity contribution in [2.75, 3.05) is 51.4 Å². The zero-order valence-corrected chi connectivity index (χ0v) is 28.1. The number of piperazine rings is 1. The normalized spacial score (nSPS) is 23.1. The van der Waals surface area contributed by atoms with E-state index in [-0.39, 0.29) is 48.2 Å². The van der Waals surface area contributed by atoms with Crippen molar-refractivity contribution in [3.8, 4) is 0 Å². The predicted molar refractivity (Wildman–Crippen MR) is 183 cm³/mol. The summed E-state index contributed by atoms with van der Waals surface area (Å²) in [6.07, 6.45) is 5.24. The van der Waals surface area contributed by atoms with Crippen LogP contribution in [0.3, 0.4) is 0 Å². The molecule has 3 heterocycles. The third kappa shape index (κ3) is 6.39. The number of nitrogens with two attached hydrogens (primary N) is 1. The van der Waals surface area contributed by atoms with Crippen LogP contribution in [-0.4, -0.2) is 106 Å². The molecular formula is C32H36Cl2N8O3S. The van der Waals surface area contributed by atoms with Gasteiger partial charge in [0.2, 0.25) is 11.8 Å². The molecule has 0 radical (unpaired) electrons. The van der Waals surface area contributed by atoms with Crippen molar-refractivity contribution in [2.45, 2.75) is 35.9 Å². The fourth-order valence-electron chi connectivity index (χ4n) is 6.16. The van der Waals surface area contributed by atoms with E-state index >= 15 is 0 Å². The lowest BCUT2D eigenvalue weighted by Crippen LogP contribution is -2.65. The standard InChI is InChI=1S/C32H36Cl2N8O3S/c1-38(2)22-10-7-19(8-11-22)14-25-30(44)40(16-21-5-4-6-26-29(21)37-31(35)46-26)17-27-41(18-28(43)42(25)27)39(3)32(45)36-15-20-9-12-23(33)24(34)13-20/h4-13,23-25,27H,14-18H2,1-3H3,(H2,35,37)(H,36,45)/t23?,24?,25-,27+/m0/s1. The van der Waals surface area contributed by atoms with Crippen molar-refractivity contribution in [1.29, 1.82) is 0 Å². The summed E-state index contributed by atoms with van der Waals surface area (Å²) >= 11 is 13.8. The highest BCUT2D eigenvalue weighted by atomic mass is 35.5. The lowest BCUT2D eigenvalue weighted by atomic mass is 9.99. The number of para-hydroxylation sites is 1. The first-order chi connectivity index (χ1) is 22.0. The summed E-state index contributed by atoms with van der Waals surface area (Å²) in [7, 11) is 5.57. The Morgan fingerprint density at radius 3 is 2.59 bits per heavy atom. The van der Waals surface area contributed by atoms with Crippen molar-refractivity contribution in [2.24, 2.45) is 0 Å². The molecule has 46 heavy (non-hydrogen) atoms. The molecule has 2 aromatic carbocycles. The highest BCUT2D eigenvalue weighted by Crippen LogP contribution is 2.32. The summed E-state index contributed by atoms with van der Waals surface area (Å²) in [5.41, 5.74) is 10.5. The number of nitrogen functional groups attached to an aromatic ring is 1. The van der Waals surface area contributed by atoms with E-state index in [0.29, 0.717) is 18.1 Å². The minimum atomic E-state index is -0.751. The van der Waals surface area contributed by atoms with Gasteiger partial charge in [0.1, 0.15) is 12.2 Å². The number of rotatable bonds is 8. The molecule has 2 fully saturated rings. The number of amides is 4. The number of urea groups is 1. The largest absolute Gasteiger partial charge is 0.378 e. The number of fused-ring (bicyclic) bond motifs is 2. The Morgan fingerprint density at radius 1 is 1.11 bits per heavy atom. The van der Waals surface area contributed by atoms with Crippen LogP contribution in [0.1, 0.15) is 11.1 Å². The first-order valence-electron chi connectivity index (χ1n) is 15.0. The van der Waals surface area contributed by atoms with Gasteiger partial charge in [-0.3, -0.25) is 14.6 Å². The maximum absolute atomic E-state index is 14.2. The minimum absolute atomic E-state index is 0.0374. The number of nitrogens with zero attached hydrogens (tertiary/aromatic N) is 6. The van der Waals surface area contributed by atoms with E-state index in [0.717, 1.165) is 32.6 Å². The monoisotopic (exact) mass is 682 g/mol. The van der Waals surface area contributed by atoms with Crippen LogP contribution in [0.15, 0.2) is 66.3 Å². The van der Waals surface area contributed by atoms with Gasteiger partial charge in [-0.1, -0.05) is 53.8 Å². The summed E-state index contributed by atoms with van der Waals surface area (Å²) in [5.74, 6) is -0.363. The van der Waals surface area contributed by atoms with Gasteiger partial charge in [-0.25, -0.2) is 9.78 Å². The Labute approximate surface area is 281 Å². The Morgan fingerprint density at radius 2 is 1.87 bits per heavy atom. The number of allylic oxidation sites excluding steroid dienone is 2. The number of thiazole rings is 1. The number of nitrogens with one attached hydrogen (secondary N) is 1. The molecule has 2 unspecified atom stereocenters. The number of halogens is 2. The van der Waals surface area contributed by atoms with Gasteiger partial charge >= 0.3 is 6.03 Å². The molecule has 14 heteroatoms. The average molecular weight is 684 g/mol. The molecule has 4 atom stereocenters. The summed E-state index contributed by atoms with van der Waals surface area (Å²) in [4.78, 5) is 51.2. The fourth-order valence-corrected chi connectivity index (χ4v) is 7.33. The quantitative estimate of drug-likeness (QED) is 0.349. The van der Waals surface area contributed by atoms with E-state index in [2.05, 4.69) is 10.3 Å². The molecule has 2 saturated heterocycles. The maximum Gasteiger partial charge on any atom is 0.332 e. The van der Waals surface area contributed by atoms with Gasteiger partial charge in [0.05, 0.1) is 34.1 Å². The minimum Gasteiger partial charge on any atom is -0.378 e. The van der Waals surface area contributed by atoms with Crippen molar-refractivity contribution in [3.63, 3.8) is 0 Å². The second-order valence-electron chi connectivity index (χ2n) is 11.9. The first kappa shape index (κ1) is 32.1.